The third-order valence-electron chi connectivity index (χ3n) is 3.54. The molecule has 1 aliphatic heterocycles. The van der Waals surface area contributed by atoms with Gasteiger partial charge in [0, 0.05) is 19.6 Å². The van der Waals surface area contributed by atoms with Gasteiger partial charge in [-0.3, -0.25) is 4.99 Å². The van der Waals surface area contributed by atoms with E-state index in [2.05, 4.69) is 15.2 Å². The smallest absolute Gasteiger partial charge is 0.194 e. The summed E-state index contributed by atoms with van der Waals surface area (Å²) in [6, 6.07) is 5.17. The van der Waals surface area contributed by atoms with Gasteiger partial charge >= 0.3 is 0 Å². The molecule has 2 rings (SSSR count). The SMILES string of the molecule is CCNC(=NCC(O)COc1cccc(Cl)c1Cl)N1CCCC1. The maximum absolute atomic E-state index is 10.1. The van der Waals surface area contributed by atoms with Gasteiger partial charge in [-0.25, -0.2) is 0 Å². The van der Waals surface area contributed by atoms with Crippen molar-refractivity contribution < 1.29 is 9.84 Å². The van der Waals surface area contributed by atoms with Crippen molar-refractivity contribution in [3.05, 3.63) is 28.2 Å². The van der Waals surface area contributed by atoms with Gasteiger partial charge in [0.05, 0.1) is 11.6 Å². The Labute approximate surface area is 147 Å². The van der Waals surface area contributed by atoms with Crippen LogP contribution in [-0.4, -0.2) is 54.9 Å². The molecule has 0 bridgehead atoms. The van der Waals surface area contributed by atoms with E-state index in [9.17, 15) is 5.11 Å². The minimum atomic E-state index is -0.707. The van der Waals surface area contributed by atoms with E-state index in [1.54, 1.807) is 18.2 Å². The molecule has 128 valence electrons. The Balaban J connectivity index is 1.86. The number of aliphatic hydroxyl groups is 1. The van der Waals surface area contributed by atoms with Crippen LogP contribution in [0.4, 0.5) is 0 Å². The maximum Gasteiger partial charge on any atom is 0.194 e. The first-order chi connectivity index (χ1) is 11.1. The van der Waals surface area contributed by atoms with Crippen molar-refractivity contribution in [2.24, 2.45) is 4.99 Å². The van der Waals surface area contributed by atoms with Crippen LogP contribution in [0.1, 0.15) is 19.8 Å². The van der Waals surface area contributed by atoms with Crippen molar-refractivity contribution in [2.45, 2.75) is 25.9 Å². The Kier molecular flexibility index (Phi) is 7.27. The van der Waals surface area contributed by atoms with Gasteiger partial charge in [-0.05, 0) is 31.9 Å². The lowest BCUT2D eigenvalue weighted by Gasteiger charge is -2.21. The Bertz CT molecular complexity index is 534. The number of likely N-dealkylation sites (tertiary alicyclic amines) is 1. The van der Waals surface area contributed by atoms with E-state index in [1.807, 2.05) is 6.92 Å². The summed E-state index contributed by atoms with van der Waals surface area (Å²) in [6.45, 7) is 5.25. The van der Waals surface area contributed by atoms with Crippen LogP contribution in [0.3, 0.4) is 0 Å². The third-order valence-corrected chi connectivity index (χ3v) is 4.34. The number of hydrogen-bond acceptors (Lipinski definition) is 3. The quantitative estimate of drug-likeness (QED) is 0.605. The second kappa shape index (κ2) is 9.21. The van der Waals surface area contributed by atoms with Crippen LogP contribution in [0.5, 0.6) is 5.75 Å². The maximum atomic E-state index is 10.1. The number of halogens is 2. The fourth-order valence-electron chi connectivity index (χ4n) is 2.38. The van der Waals surface area contributed by atoms with Crippen LogP contribution in [0.15, 0.2) is 23.2 Å². The molecular weight excluding hydrogens is 337 g/mol. The first-order valence-electron chi connectivity index (χ1n) is 7.90. The van der Waals surface area contributed by atoms with Gasteiger partial charge in [-0.15, -0.1) is 0 Å². The summed E-state index contributed by atoms with van der Waals surface area (Å²) in [5.74, 6) is 1.32. The molecule has 0 amide bonds. The molecule has 1 aromatic rings. The molecule has 1 atom stereocenters. The van der Waals surface area contributed by atoms with Crippen LogP contribution in [0.25, 0.3) is 0 Å². The highest BCUT2D eigenvalue weighted by molar-refractivity contribution is 6.42. The summed E-state index contributed by atoms with van der Waals surface area (Å²) in [5, 5.41) is 14.1. The van der Waals surface area contributed by atoms with Gasteiger partial charge in [0.15, 0.2) is 5.96 Å². The van der Waals surface area contributed by atoms with Crippen molar-refractivity contribution in [3.63, 3.8) is 0 Å². The van der Waals surface area contributed by atoms with Gasteiger partial charge in [0.1, 0.15) is 23.5 Å². The zero-order valence-corrected chi connectivity index (χ0v) is 14.8. The Morgan fingerprint density at radius 2 is 2.13 bits per heavy atom. The van der Waals surface area contributed by atoms with Crippen LogP contribution in [0, 0.1) is 0 Å². The number of benzene rings is 1. The van der Waals surface area contributed by atoms with Crippen LogP contribution < -0.4 is 10.1 Å². The van der Waals surface area contributed by atoms with Gasteiger partial charge in [-0.2, -0.15) is 0 Å². The largest absolute Gasteiger partial charge is 0.489 e. The van der Waals surface area contributed by atoms with Gasteiger partial charge in [-0.1, -0.05) is 29.3 Å². The highest BCUT2D eigenvalue weighted by Gasteiger charge is 2.16. The Morgan fingerprint density at radius 1 is 1.39 bits per heavy atom. The average molecular weight is 360 g/mol. The standard InChI is InChI=1S/C16H23Cl2N3O2/c1-2-19-16(21-8-3-4-9-21)20-10-12(22)11-23-14-7-5-6-13(17)15(14)18/h5-7,12,22H,2-4,8-11H2,1H3,(H,19,20). The highest BCUT2D eigenvalue weighted by Crippen LogP contribution is 2.31. The second-order valence-corrected chi connectivity index (χ2v) is 6.19. The molecule has 7 heteroatoms. The number of rotatable bonds is 6. The van der Waals surface area contributed by atoms with Crippen molar-refractivity contribution in [2.75, 3.05) is 32.8 Å². The van der Waals surface area contributed by atoms with E-state index in [0.29, 0.717) is 15.8 Å². The van der Waals surface area contributed by atoms with Crippen molar-refractivity contribution in [1.29, 1.82) is 0 Å². The van der Waals surface area contributed by atoms with E-state index in [1.165, 1.54) is 12.8 Å². The number of hydrogen-bond donors (Lipinski definition) is 2. The van der Waals surface area contributed by atoms with E-state index in [-0.39, 0.29) is 13.2 Å². The third kappa shape index (κ3) is 5.44. The molecule has 0 spiro atoms. The fourth-order valence-corrected chi connectivity index (χ4v) is 2.73. The van der Waals surface area contributed by atoms with Gasteiger partial charge in [0.25, 0.3) is 0 Å². The van der Waals surface area contributed by atoms with Crippen molar-refractivity contribution in [3.8, 4) is 5.75 Å². The molecule has 1 saturated heterocycles. The van der Waals surface area contributed by atoms with E-state index < -0.39 is 6.10 Å². The topological polar surface area (TPSA) is 57.1 Å². The predicted octanol–water partition coefficient (Wildman–Crippen LogP) is 2.79. The monoisotopic (exact) mass is 359 g/mol. The van der Waals surface area contributed by atoms with E-state index >= 15 is 0 Å². The molecule has 2 N–H and O–H groups in total. The summed E-state index contributed by atoms with van der Waals surface area (Å²) >= 11 is 12.0. The number of nitrogens with one attached hydrogen (secondary N) is 1. The fraction of sp³-hybridized carbons (Fsp3) is 0.562. The minimum absolute atomic E-state index is 0.114. The van der Waals surface area contributed by atoms with Crippen LogP contribution in [0.2, 0.25) is 10.0 Å². The number of ether oxygens (including phenoxy) is 1. The summed E-state index contributed by atoms with van der Waals surface area (Å²) in [4.78, 5) is 6.70. The van der Waals surface area contributed by atoms with Crippen molar-refractivity contribution in [1.82, 2.24) is 10.2 Å². The lowest BCUT2D eigenvalue weighted by molar-refractivity contribution is 0.114. The molecular formula is C16H23Cl2N3O2. The zero-order chi connectivity index (χ0) is 16.7. The van der Waals surface area contributed by atoms with E-state index in [0.717, 1.165) is 25.6 Å². The highest BCUT2D eigenvalue weighted by atomic mass is 35.5. The van der Waals surface area contributed by atoms with Gasteiger partial charge < -0.3 is 20.1 Å². The molecule has 0 aliphatic carbocycles. The summed E-state index contributed by atoms with van der Waals surface area (Å²) in [5.41, 5.74) is 0. The predicted molar refractivity (Wildman–Crippen MR) is 94.7 cm³/mol. The minimum Gasteiger partial charge on any atom is -0.489 e. The normalized spacial score (nSPS) is 16.5. The Morgan fingerprint density at radius 3 is 2.83 bits per heavy atom. The van der Waals surface area contributed by atoms with E-state index in [4.69, 9.17) is 27.9 Å². The molecule has 1 aromatic carbocycles. The average Bonchev–Trinajstić information content (AvgIpc) is 3.07. The lowest BCUT2D eigenvalue weighted by atomic mass is 10.3. The number of guanidine groups is 1. The lowest BCUT2D eigenvalue weighted by Crippen LogP contribution is -2.40. The van der Waals surface area contributed by atoms with Crippen LogP contribution >= 0.6 is 23.2 Å². The first kappa shape index (κ1) is 18.2. The molecule has 0 aromatic heterocycles. The molecule has 1 aliphatic rings. The zero-order valence-electron chi connectivity index (χ0n) is 13.3. The molecule has 0 saturated carbocycles. The molecule has 23 heavy (non-hydrogen) atoms. The first-order valence-corrected chi connectivity index (χ1v) is 8.65. The van der Waals surface area contributed by atoms with Crippen molar-refractivity contribution >= 4 is 29.2 Å². The summed E-state index contributed by atoms with van der Waals surface area (Å²) in [6.07, 6.45) is 1.66. The Hall–Kier alpha value is -1.17. The van der Waals surface area contributed by atoms with Gasteiger partial charge in [0.2, 0.25) is 0 Å². The second-order valence-electron chi connectivity index (χ2n) is 5.41. The molecule has 1 heterocycles. The number of aliphatic hydroxyl groups excluding tert-OH is 1. The molecule has 0 radical (unpaired) electrons. The summed E-state index contributed by atoms with van der Waals surface area (Å²) in [7, 11) is 0. The van der Waals surface area contributed by atoms with Crippen LogP contribution in [-0.2, 0) is 0 Å². The number of aliphatic imine (C=N–C) groups is 1. The molecule has 5 nitrogen and oxygen atoms in total. The summed E-state index contributed by atoms with van der Waals surface area (Å²) < 4.78 is 5.53. The number of nitrogens with zero attached hydrogens (tertiary/aromatic N) is 2. The molecule has 1 unspecified atom stereocenters. The molecule has 1 fully saturated rings.